The molecule has 7 rings (SSSR count). The molecular formula is C35H27F3N4O3. The van der Waals surface area contributed by atoms with Gasteiger partial charge in [-0.15, -0.1) is 0 Å². The summed E-state index contributed by atoms with van der Waals surface area (Å²) in [5.41, 5.74) is 2.48. The molecule has 226 valence electrons. The van der Waals surface area contributed by atoms with Gasteiger partial charge in [-0.3, -0.25) is 0 Å². The number of pyridine rings is 1. The number of benzene rings is 3. The molecule has 10 heteroatoms. The number of nitrogens with zero attached hydrogens (tertiary/aromatic N) is 3. The van der Waals surface area contributed by atoms with Crippen molar-refractivity contribution in [2.24, 2.45) is 5.41 Å². The van der Waals surface area contributed by atoms with E-state index >= 15 is 8.78 Å². The van der Waals surface area contributed by atoms with Crippen LogP contribution in [0.1, 0.15) is 51.6 Å². The van der Waals surface area contributed by atoms with Crippen molar-refractivity contribution in [1.29, 1.82) is 5.26 Å². The number of hydrogen-bond donors (Lipinski definition) is 2. The van der Waals surface area contributed by atoms with Gasteiger partial charge in [-0.1, -0.05) is 18.2 Å². The van der Waals surface area contributed by atoms with E-state index in [1.54, 1.807) is 24.3 Å². The van der Waals surface area contributed by atoms with Crippen molar-refractivity contribution in [3.63, 3.8) is 0 Å². The number of hydrogen-bond acceptors (Lipinski definition) is 5. The second-order valence-corrected chi connectivity index (χ2v) is 11.8. The largest absolute Gasteiger partial charge is 0.478 e. The van der Waals surface area contributed by atoms with Crippen molar-refractivity contribution < 1.29 is 27.8 Å². The van der Waals surface area contributed by atoms with Gasteiger partial charge in [0.15, 0.2) is 0 Å². The monoisotopic (exact) mass is 608 g/mol. The standard InChI is InChI=1S/C35H27F3N4O3/c36-27-10-20(16-39)4-5-23(27)18-45-33-3-1-2-30(41-33)26-15-28(37)24(13-29(26)38)12-25-11-21-6-7-22(34(43)44)14-31(21)42(25)32-17-40-19-35(32)8-9-35/h1-7,10-11,13-15,32,40H,8-9,12,17-19H2,(H,43,44)/t32-/m0/s1. The molecule has 0 bridgehead atoms. The minimum absolute atomic E-state index is 0.0465. The number of halogens is 3. The van der Waals surface area contributed by atoms with E-state index in [9.17, 15) is 14.3 Å². The number of fused-ring (bicyclic) bond motifs is 1. The van der Waals surface area contributed by atoms with Gasteiger partial charge in [-0.25, -0.2) is 22.9 Å². The predicted molar refractivity (Wildman–Crippen MR) is 160 cm³/mol. The molecule has 5 aromatic rings. The molecular weight excluding hydrogens is 581 g/mol. The van der Waals surface area contributed by atoms with Crippen molar-refractivity contribution in [2.75, 3.05) is 13.1 Å². The van der Waals surface area contributed by atoms with Crippen LogP contribution in [0.25, 0.3) is 22.2 Å². The number of ether oxygens (including phenoxy) is 1. The van der Waals surface area contributed by atoms with Crippen LogP contribution in [0.4, 0.5) is 13.2 Å². The molecule has 1 aliphatic heterocycles. The number of rotatable bonds is 8. The van der Waals surface area contributed by atoms with Crippen LogP contribution in [0.15, 0.2) is 72.8 Å². The van der Waals surface area contributed by atoms with Gasteiger partial charge in [0.05, 0.1) is 28.9 Å². The van der Waals surface area contributed by atoms with Crippen LogP contribution in [-0.4, -0.2) is 33.7 Å². The summed E-state index contributed by atoms with van der Waals surface area (Å²) in [6.07, 6.45) is 2.22. The first-order chi connectivity index (χ1) is 21.7. The zero-order chi connectivity index (χ0) is 31.3. The quantitative estimate of drug-likeness (QED) is 0.201. The van der Waals surface area contributed by atoms with Crippen LogP contribution in [0.2, 0.25) is 0 Å². The summed E-state index contributed by atoms with van der Waals surface area (Å²) in [5.74, 6) is -2.78. The summed E-state index contributed by atoms with van der Waals surface area (Å²) in [6, 6.07) is 19.8. The fourth-order valence-corrected chi connectivity index (χ4v) is 6.39. The Morgan fingerprint density at radius 3 is 2.60 bits per heavy atom. The maximum Gasteiger partial charge on any atom is 0.335 e. The second-order valence-electron chi connectivity index (χ2n) is 11.8. The van der Waals surface area contributed by atoms with E-state index in [2.05, 4.69) is 14.9 Å². The Balaban J connectivity index is 1.18. The molecule has 0 radical (unpaired) electrons. The van der Waals surface area contributed by atoms with Crippen molar-refractivity contribution in [1.82, 2.24) is 14.9 Å². The number of carboxylic acids is 1. The Hall–Kier alpha value is -5.14. The topological polar surface area (TPSA) is 100 Å². The summed E-state index contributed by atoms with van der Waals surface area (Å²) in [5, 5.41) is 22.9. The van der Waals surface area contributed by atoms with Crippen molar-refractivity contribution >= 4 is 16.9 Å². The van der Waals surface area contributed by atoms with Gasteiger partial charge < -0.3 is 19.7 Å². The molecule has 2 N–H and O–H groups in total. The smallest absolute Gasteiger partial charge is 0.335 e. The third-order valence-electron chi connectivity index (χ3n) is 8.96. The first-order valence-electron chi connectivity index (χ1n) is 14.6. The van der Waals surface area contributed by atoms with Gasteiger partial charge in [-0.05, 0) is 72.3 Å². The molecule has 2 aliphatic rings. The van der Waals surface area contributed by atoms with Gasteiger partial charge in [0.25, 0.3) is 0 Å². The highest BCUT2D eigenvalue weighted by Gasteiger charge is 2.53. The lowest BCUT2D eigenvalue weighted by atomic mass is 9.99. The van der Waals surface area contributed by atoms with Gasteiger partial charge in [0, 0.05) is 53.3 Å². The van der Waals surface area contributed by atoms with E-state index in [1.807, 2.05) is 12.1 Å². The molecule has 1 saturated carbocycles. The van der Waals surface area contributed by atoms with Gasteiger partial charge in [-0.2, -0.15) is 5.26 Å². The highest BCUT2D eigenvalue weighted by molar-refractivity contribution is 5.94. The van der Waals surface area contributed by atoms with Crippen LogP contribution >= 0.6 is 0 Å². The van der Waals surface area contributed by atoms with Crippen LogP contribution in [0.3, 0.4) is 0 Å². The highest BCUT2D eigenvalue weighted by atomic mass is 19.1. The zero-order valence-corrected chi connectivity index (χ0v) is 24.0. The summed E-state index contributed by atoms with van der Waals surface area (Å²) < 4.78 is 53.3. The minimum Gasteiger partial charge on any atom is -0.478 e. The Labute approximate surface area is 256 Å². The molecule has 2 aromatic heterocycles. The lowest BCUT2D eigenvalue weighted by Gasteiger charge is -2.24. The SMILES string of the molecule is N#Cc1ccc(COc2cccc(-c3cc(F)c(Cc4cc5ccc(C(=O)O)cc5n4[C@H]4CNCC45CC5)cc3F)n2)c(F)c1. The summed E-state index contributed by atoms with van der Waals surface area (Å²) >= 11 is 0. The molecule has 1 aliphatic carbocycles. The number of nitrogens with one attached hydrogen (secondary N) is 1. The second kappa shape index (κ2) is 11.1. The van der Waals surface area contributed by atoms with Gasteiger partial charge >= 0.3 is 5.97 Å². The van der Waals surface area contributed by atoms with Gasteiger partial charge in [0.1, 0.15) is 24.1 Å². The fraction of sp³-hybridized carbons (Fsp3) is 0.229. The maximum atomic E-state index is 15.7. The Bertz CT molecular complexity index is 2030. The molecule has 0 amide bonds. The van der Waals surface area contributed by atoms with Crippen LogP contribution in [0, 0.1) is 34.2 Å². The lowest BCUT2D eigenvalue weighted by molar-refractivity contribution is 0.0697. The first-order valence-corrected chi connectivity index (χ1v) is 14.6. The third kappa shape index (κ3) is 5.29. The van der Waals surface area contributed by atoms with E-state index < -0.39 is 23.4 Å². The molecule has 45 heavy (non-hydrogen) atoms. The predicted octanol–water partition coefficient (Wildman–Crippen LogP) is 6.78. The normalized spacial score (nSPS) is 16.6. The van der Waals surface area contributed by atoms with Crippen LogP contribution in [-0.2, 0) is 13.0 Å². The molecule has 1 spiro atoms. The van der Waals surface area contributed by atoms with E-state index in [-0.39, 0.29) is 63.9 Å². The van der Waals surface area contributed by atoms with Gasteiger partial charge in [0.2, 0.25) is 5.88 Å². The minimum atomic E-state index is -1.02. The van der Waals surface area contributed by atoms with E-state index in [4.69, 9.17) is 10.00 Å². The number of aromatic nitrogens is 2. The summed E-state index contributed by atoms with van der Waals surface area (Å²) in [4.78, 5) is 16.1. The maximum absolute atomic E-state index is 15.7. The summed E-state index contributed by atoms with van der Waals surface area (Å²) in [6.45, 7) is 1.42. The Kier molecular flexibility index (Phi) is 7.06. The highest BCUT2D eigenvalue weighted by Crippen LogP contribution is 2.57. The number of carbonyl (C=O) groups is 1. The fourth-order valence-electron chi connectivity index (χ4n) is 6.39. The molecule has 3 heterocycles. The average molecular weight is 609 g/mol. The molecule has 0 unspecified atom stereocenters. The van der Waals surface area contributed by atoms with Crippen molar-refractivity contribution in [3.8, 4) is 23.2 Å². The Morgan fingerprint density at radius 1 is 1.02 bits per heavy atom. The summed E-state index contributed by atoms with van der Waals surface area (Å²) in [7, 11) is 0. The molecule has 7 nitrogen and oxygen atoms in total. The molecule has 1 saturated heterocycles. The van der Waals surface area contributed by atoms with Crippen molar-refractivity contribution in [3.05, 3.63) is 118 Å². The number of nitriles is 1. The zero-order valence-electron chi connectivity index (χ0n) is 24.0. The molecule has 1 atom stereocenters. The van der Waals surface area contributed by atoms with E-state index in [0.717, 1.165) is 48.1 Å². The number of carboxylic acid groups (broad SMARTS) is 1. The van der Waals surface area contributed by atoms with E-state index in [0.29, 0.717) is 6.54 Å². The number of aromatic carboxylic acids is 1. The molecule has 3 aromatic carbocycles. The van der Waals surface area contributed by atoms with E-state index in [1.165, 1.54) is 30.3 Å². The average Bonchev–Trinajstić information content (AvgIpc) is 3.57. The third-order valence-corrected chi connectivity index (χ3v) is 8.96. The van der Waals surface area contributed by atoms with Crippen molar-refractivity contribution in [2.45, 2.75) is 31.9 Å². The molecule has 2 fully saturated rings. The Morgan fingerprint density at radius 2 is 1.84 bits per heavy atom. The van der Waals surface area contributed by atoms with Crippen LogP contribution < -0.4 is 10.1 Å². The lowest BCUT2D eigenvalue weighted by Crippen LogP contribution is -2.21. The van der Waals surface area contributed by atoms with Crippen LogP contribution in [0.5, 0.6) is 5.88 Å². The first kappa shape index (κ1) is 28.6.